The first-order chi connectivity index (χ1) is 5.45. The van der Waals surface area contributed by atoms with Crippen LogP contribution in [0.1, 0.15) is 34.1 Å². The molecule has 0 aromatic heterocycles. The van der Waals surface area contributed by atoms with Gasteiger partial charge in [-0.25, -0.2) is 0 Å². The number of likely N-dealkylation sites (tertiary alicyclic amines) is 1. The molecule has 0 amide bonds. The van der Waals surface area contributed by atoms with Gasteiger partial charge in [-0.2, -0.15) is 0 Å². The van der Waals surface area contributed by atoms with Crippen molar-refractivity contribution in [3.05, 3.63) is 0 Å². The number of hydrogen-bond donors (Lipinski definition) is 0. The van der Waals surface area contributed by atoms with Crippen LogP contribution in [0.5, 0.6) is 0 Å². The Bertz CT molecular complexity index is 181. The molecule has 1 aliphatic rings. The van der Waals surface area contributed by atoms with Gasteiger partial charge in [-0.1, -0.05) is 6.92 Å². The first-order valence-corrected chi connectivity index (χ1v) is 4.73. The van der Waals surface area contributed by atoms with Crippen LogP contribution >= 0.6 is 0 Å². The highest BCUT2D eigenvalue weighted by atomic mass is 16.1. The monoisotopic (exact) mass is 169 g/mol. The molecule has 70 valence electrons. The molecule has 2 nitrogen and oxygen atoms in total. The van der Waals surface area contributed by atoms with E-state index in [0.717, 1.165) is 13.0 Å². The standard InChI is InChI=1S/C10H19NO/c1-5-8-6-11(7-9(8)12)10(2,3)4/h8H,5-7H2,1-4H3. The number of nitrogens with zero attached hydrogens (tertiary/aromatic N) is 1. The molecule has 0 radical (unpaired) electrons. The molecule has 0 aromatic rings. The summed E-state index contributed by atoms with van der Waals surface area (Å²) >= 11 is 0. The molecule has 1 saturated heterocycles. The van der Waals surface area contributed by atoms with Crippen LogP contribution in [-0.4, -0.2) is 29.3 Å². The molecule has 0 aromatic carbocycles. The Balaban J connectivity index is 2.60. The zero-order valence-electron chi connectivity index (χ0n) is 8.55. The number of hydrogen-bond acceptors (Lipinski definition) is 2. The first-order valence-electron chi connectivity index (χ1n) is 4.73. The van der Waals surface area contributed by atoms with Crippen molar-refractivity contribution in [1.29, 1.82) is 0 Å². The van der Waals surface area contributed by atoms with Crippen LogP contribution in [0, 0.1) is 5.92 Å². The molecule has 1 heterocycles. The van der Waals surface area contributed by atoms with Gasteiger partial charge in [0.25, 0.3) is 0 Å². The SMILES string of the molecule is CCC1CN(C(C)(C)C)CC1=O. The zero-order valence-corrected chi connectivity index (χ0v) is 8.55. The normalized spacial score (nSPS) is 26.7. The van der Waals surface area contributed by atoms with Crippen LogP contribution in [0.15, 0.2) is 0 Å². The number of carbonyl (C=O) groups excluding carboxylic acids is 1. The predicted octanol–water partition coefficient (Wildman–Crippen LogP) is 1.70. The Morgan fingerprint density at radius 2 is 2.08 bits per heavy atom. The number of carbonyl (C=O) groups is 1. The number of rotatable bonds is 1. The van der Waals surface area contributed by atoms with Crippen molar-refractivity contribution >= 4 is 5.78 Å². The van der Waals surface area contributed by atoms with Gasteiger partial charge in [0.15, 0.2) is 5.78 Å². The van der Waals surface area contributed by atoms with Crippen molar-refractivity contribution in [3.63, 3.8) is 0 Å². The van der Waals surface area contributed by atoms with Gasteiger partial charge in [-0.3, -0.25) is 9.69 Å². The Morgan fingerprint density at radius 3 is 2.33 bits per heavy atom. The molecular weight excluding hydrogens is 150 g/mol. The molecule has 1 aliphatic heterocycles. The second-order valence-corrected chi connectivity index (χ2v) is 4.62. The predicted molar refractivity (Wildman–Crippen MR) is 50.1 cm³/mol. The lowest BCUT2D eigenvalue weighted by atomic mass is 10.0. The smallest absolute Gasteiger partial charge is 0.151 e. The summed E-state index contributed by atoms with van der Waals surface area (Å²) in [5, 5.41) is 0. The van der Waals surface area contributed by atoms with E-state index in [-0.39, 0.29) is 5.54 Å². The van der Waals surface area contributed by atoms with Gasteiger partial charge in [-0.15, -0.1) is 0 Å². The number of Topliss-reactive ketones (excluding diaryl/α,β-unsaturated/α-hetero) is 1. The largest absolute Gasteiger partial charge is 0.298 e. The van der Waals surface area contributed by atoms with E-state index in [1.807, 2.05) is 0 Å². The van der Waals surface area contributed by atoms with Crippen molar-refractivity contribution in [2.45, 2.75) is 39.7 Å². The van der Waals surface area contributed by atoms with Crippen molar-refractivity contribution in [2.75, 3.05) is 13.1 Å². The Hall–Kier alpha value is -0.370. The first kappa shape index (κ1) is 9.72. The Morgan fingerprint density at radius 1 is 1.50 bits per heavy atom. The molecule has 2 heteroatoms. The van der Waals surface area contributed by atoms with E-state index >= 15 is 0 Å². The average Bonchev–Trinajstić information content (AvgIpc) is 2.29. The molecule has 12 heavy (non-hydrogen) atoms. The molecule has 0 N–H and O–H groups in total. The lowest BCUT2D eigenvalue weighted by Gasteiger charge is -2.30. The van der Waals surface area contributed by atoms with Crippen LogP contribution in [0.3, 0.4) is 0 Å². The van der Waals surface area contributed by atoms with E-state index in [4.69, 9.17) is 0 Å². The quantitative estimate of drug-likeness (QED) is 0.595. The second-order valence-electron chi connectivity index (χ2n) is 4.62. The summed E-state index contributed by atoms with van der Waals surface area (Å²) in [4.78, 5) is 13.7. The van der Waals surface area contributed by atoms with Gasteiger partial charge in [-0.05, 0) is 27.2 Å². The van der Waals surface area contributed by atoms with Crippen LogP contribution in [0.2, 0.25) is 0 Å². The molecule has 1 rings (SSSR count). The summed E-state index contributed by atoms with van der Waals surface area (Å²) in [6, 6.07) is 0. The minimum atomic E-state index is 0.152. The third-order valence-corrected chi connectivity index (χ3v) is 2.68. The minimum Gasteiger partial charge on any atom is -0.298 e. The van der Waals surface area contributed by atoms with Gasteiger partial charge >= 0.3 is 0 Å². The molecule has 0 bridgehead atoms. The fraction of sp³-hybridized carbons (Fsp3) is 0.900. The molecule has 0 aliphatic carbocycles. The maximum atomic E-state index is 11.4. The highest BCUT2D eigenvalue weighted by molar-refractivity contribution is 5.85. The fourth-order valence-electron chi connectivity index (χ4n) is 1.62. The lowest BCUT2D eigenvalue weighted by molar-refractivity contribution is -0.120. The van der Waals surface area contributed by atoms with Gasteiger partial charge in [0.1, 0.15) is 0 Å². The maximum absolute atomic E-state index is 11.4. The van der Waals surface area contributed by atoms with Gasteiger partial charge in [0, 0.05) is 18.0 Å². The lowest BCUT2D eigenvalue weighted by Crippen LogP contribution is -2.39. The second kappa shape index (κ2) is 3.17. The fourth-order valence-corrected chi connectivity index (χ4v) is 1.62. The van der Waals surface area contributed by atoms with Gasteiger partial charge in [0.05, 0.1) is 6.54 Å². The van der Waals surface area contributed by atoms with E-state index in [1.165, 1.54) is 0 Å². The molecular formula is C10H19NO. The van der Waals surface area contributed by atoms with Crippen molar-refractivity contribution < 1.29 is 4.79 Å². The molecule has 0 saturated carbocycles. The third kappa shape index (κ3) is 1.86. The van der Waals surface area contributed by atoms with Crippen LogP contribution in [0.4, 0.5) is 0 Å². The molecule has 1 fully saturated rings. The topological polar surface area (TPSA) is 20.3 Å². The van der Waals surface area contributed by atoms with Crippen LogP contribution in [0.25, 0.3) is 0 Å². The van der Waals surface area contributed by atoms with E-state index in [2.05, 4.69) is 32.6 Å². The Kier molecular flexibility index (Phi) is 2.57. The summed E-state index contributed by atoms with van der Waals surface area (Å²) in [5.74, 6) is 0.719. The van der Waals surface area contributed by atoms with E-state index in [9.17, 15) is 4.79 Å². The minimum absolute atomic E-state index is 0.152. The summed E-state index contributed by atoms with van der Waals surface area (Å²) in [6.07, 6.45) is 0.991. The Labute approximate surface area is 74.9 Å². The highest BCUT2D eigenvalue weighted by Crippen LogP contribution is 2.23. The summed E-state index contributed by atoms with van der Waals surface area (Å²) in [5.41, 5.74) is 0.152. The highest BCUT2D eigenvalue weighted by Gasteiger charge is 2.34. The average molecular weight is 169 g/mol. The summed E-state index contributed by atoms with van der Waals surface area (Å²) in [7, 11) is 0. The van der Waals surface area contributed by atoms with Gasteiger partial charge < -0.3 is 0 Å². The summed E-state index contributed by atoms with van der Waals surface area (Å²) < 4.78 is 0. The van der Waals surface area contributed by atoms with Crippen molar-refractivity contribution in [2.24, 2.45) is 5.92 Å². The van der Waals surface area contributed by atoms with Gasteiger partial charge in [0.2, 0.25) is 0 Å². The summed E-state index contributed by atoms with van der Waals surface area (Å²) in [6.45, 7) is 10.2. The van der Waals surface area contributed by atoms with Crippen molar-refractivity contribution in [3.8, 4) is 0 Å². The molecule has 1 unspecified atom stereocenters. The van der Waals surface area contributed by atoms with Crippen LogP contribution in [-0.2, 0) is 4.79 Å². The van der Waals surface area contributed by atoms with Crippen LogP contribution < -0.4 is 0 Å². The van der Waals surface area contributed by atoms with E-state index in [0.29, 0.717) is 18.2 Å². The van der Waals surface area contributed by atoms with E-state index < -0.39 is 0 Å². The van der Waals surface area contributed by atoms with Crippen molar-refractivity contribution in [1.82, 2.24) is 4.90 Å². The maximum Gasteiger partial charge on any atom is 0.151 e. The number of ketones is 1. The van der Waals surface area contributed by atoms with E-state index in [1.54, 1.807) is 0 Å². The zero-order chi connectivity index (χ0) is 9.35. The molecule has 1 atom stereocenters. The molecule has 0 spiro atoms. The third-order valence-electron chi connectivity index (χ3n) is 2.68.